The lowest BCUT2D eigenvalue weighted by atomic mass is 9.96. The topological polar surface area (TPSA) is 35.0 Å². The van der Waals surface area contributed by atoms with Crippen LogP contribution in [0, 0.1) is 6.92 Å². The van der Waals surface area contributed by atoms with Gasteiger partial charge in [-0.05, 0) is 60.4 Å². The van der Waals surface area contributed by atoms with E-state index in [1.807, 2.05) is 24.5 Å². The van der Waals surface area contributed by atoms with Crippen molar-refractivity contribution in [3.8, 4) is 16.9 Å². The molecule has 5 rings (SSSR count). The van der Waals surface area contributed by atoms with Crippen LogP contribution < -0.4 is 4.74 Å². The minimum Gasteiger partial charge on any atom is -0.493 e. The smallest absolute Gasteiger partial charge is 0.122 e. The highest BCUT2D eigenvalue weighted by atomic mass is 32.1. The molecule has 128 valence electrons. The average Bonchev–Trinajstić information content (AvgIpc) is 3.11. The second-order valence-electron chi connectivity index (χ2n) is 6.79. The van der Waals surface area contributed by atoms with E-state index in [2.05, 4.69) is 48.3 Å². The second-order valence-corrected chi connectivity index (χ2v) is 7.86. The van der Waals surface area contributed by atoms with E-state index in [0.717, 1.165) is 17.7 Å². The summed E-state index contributed by atoms with van der Waals surface area (Å²) < 4.78 is 7.22. The lowest BCUT2D eigenvalue weighted by Crippen LogP contribution is -2.19. The summed E-state index contributed by atoms with van der Waals surface area (Å²) in [7, 11) is 0. The van der Waals surface area contributed by atoms with E-state index in [1.165, 1.54) is 32.0 Å². The van der Waals surface area contributed by atoms with Crippen molar-refractivity contribution in [1.29, 1.82) is 0 Å². The summed E-state index contributed by atoms with van der Waals surface area (Å²) in [6, 6.07) is 17.0. The van der Waals surface area contributed by atoms with E-state index in [0.29, 0.717) is 12.5 Å². The SMILES string of the molecule is Cc1ccc2c(c1)CC(c1nc3ccc(-c4ccncc4)cc3s1)CO2. The van der Waals surface area contributed by atoms with Crippen LogP contribution in [-0.4, -0.2) is 16.6 Å². The molecule has 0 amide bonds. The Kier molecular flexibility index (Phi) is 3.71. The summed E-state index contributed by atoms with van der Waals surface area (Å²) >= 11 is 1.78. The van der Waals surface area contributed by atoms with Gasteiger partial charge in [-0.1, -0.05) is 23.8 Å². The normalized spacial score (nSPS) is 16.3. The molecular formula is C22H18N2OS. The lowest BCUT2D eigenvalue weighted by Gasteiger charge is -2.24. The predicted octanol–water partition coefficient (Wildman–Crippen LogP) is 5.39. The van der Waals surface area contributed by atoms with E-state index in [9.17, 15) is 0 Å². The highest BCUT2D eigenvalue weighted by Gasteiger charge is 2.24. The fourth-order valence-electron chi connectivity index (χ4n) is 3.52. The van der Waals surface area contributed by atoms with Gasteiger partial charge in [-0.15, -0.1) is 11.3 Å². The van der Waals surface area contributed by atoms with Crippen LogP contribution >= 0.6 is 11.3 Å². The van der Waals surface area contributed by atoms with Crippen molar-refractivity contribution in [2.75, 3.05) is 6.61 Å². The molecule has 0 saturated carbocycles. The highest BCUT2D eigenvalue weighted by Crippen LogP contribution is 2.37. The van der Waals surface area contributed by atoms with Gasteiger partial charge in [0.05, 0.1) is 16.8 Å². The molecule has 0 aliphatic carbocycles. The van der Waals surface area contributed by atoms with Crippen molar-refractivity contribution >= 4 is 21.6 Å². The molecule has 3 nitrogen and oxygen atoms in total. The maximum absolute atomic E-state index is 5.99. The number of aromatic nitrogens is 2. The first-order chi connectivity index (χ1) is 12.8. The summed E-state index contributed by atoms with van der Waals surface area (Å²) in [4.78, 5) is 8.99. The molecular weight excluding hydrogens is 340 g/mol. The van der Waals surface area contributed by atoms with E-state index < -0.39 is 0 Å². The minimum atomic E-state index is 0.325. The van der Waals surface area contributed by atoms with Crippen molar-refractivity contribution in [1.82, 2.24) is 9.97 Å². The van der Waals surface area contributed by atoms with E-state index in [1.54, 1.807) is 11.3 Å². The molecule has 0 spiro atoms. The van der Waals surface area contributed by atoms with Gasteiger partial charge in [0.1, 0.15) is 10.8 Å². The third-order valence-corrected chi connectivity index (χ3v) is 6.07. The van der Waals surface area contributed by atoms with E-state index in [-0.39, 0.29) is 0 Å². The van der Waals surface area contributed by atoms with Gasteiger partial charge < -0.3 is 4.74 Å². The largest absolute Gasteiger partial charge is 0.493 e. The fraction of sp³-hybridized carbons (Fsp3) is 0.182. The zero-order valence-corrected chi connectivity index (χ0v) is 15.3. The number of hydrogen-bond donors (Lipinski definition) is 0. The second kappa shape index (κ2) is 6.22. The summed E-state index contributed by atoms with van der Waals surface area (Å²) in [6.45, 7) is 2.83. The first-order valence-corrected chi connectivity index (χ1v) is 9.61. The monoisotopic (exact) mass is 358 g/mol. The van der Waals surface area contributed by atoms with Crippen molar-refractivity contribution < 1.29 is 4.74 Å². The van der Waals surface area contributed by atoms with Crippen LogP contribution in [0.4, 0.5) is 0 Å². The number of fused-ring (bicyclic) bond motifs is 2. The van der Waals surface area contributed by atoms with Gasteiger partial charge in [0, 0.05) is 18.3 Å². The molecule has 1 atom stereocenters. The van der Waals surface area contributed by atoms with Crippen LogP contribution in [0.2, 0.25) is 0 Å². The fourth-order valence-corrected chi connectivity index (χ4v) is 4.61. The van der Waals surface area contributed by atoms with Crippen LogP contribution in [0.15, 0.2) is 60.9 Å². The van der Waals surface area contributed by atoms with E-state index in [4.69, 9.17) is 9.72 Å². The molecule has 2 aromatic heterocycles. The molecule has 0 bridgehead atoms. The Balaban J connectivity index is 1.48. The number of ether oxygens (including phenoxy) is 1. The van der Waals surface area contributed by atoms with E-state index >= 15 is 0 Å². The number of nitrogens with zero attached hydrogens (tertiary/aromatic N) is 2. The Hall–Kier alpha value is -2.72. The van der Waals surface area contributed by atoms with Gasteiger partial charge in [-0.25, -0.2) is 4.98 Å². The Morgan fingerprint density at radius 1 is 1.00 bits per heavy atom. The van der Waals surface area contributed by atoms with Gasteiger partial charge in [0.15, 0.2) is 0 Å². The number of thiazole rings is 1. The number of benzene rings is 2. The maximum atomic E-state index is 5.99. The molecule has 3 heterocycles. The molecule has 1 aliphatic rings. The Morgan fingerprint density at radius 3 is 2.77 bits per heavy atom. The zero-order chi connectivity index (χ0) is 17.5. The summed E-state index contributed by atoms with van der Waals surface area (Å²) in [6.07, 6.45) is 4.65. The zero-order valence-electron chi connectivity index (χ0n) is 14.5. The summed E-state index contributed by atoms with van der Waals surface area (Å²) in [5, 5.41) is 1.17. The van der Waals surface area contributed by atoms with Gasteiger partial charge in [0.25, 0.3) is 0 Å². The minimum absolute atomic E-state index is 0.325. The van der Waals surface area contributed by atoms with Crippen LogP contribution in [0.3, 0.4) is 0 Å². The Labute approximate surface area is 156 Å². The number of aryl methyl sites for hydroxylation is 1. The molecule has 1 unspecified atom stereocenters. The maximum Gasteiger partial charge on any atom is 0.122 e. The lowest BCUT2D eigenvalue weighted by molar-refractivity contribution is 0.262. The molecule has 2 aromatic carbocycles. The first kappa shape index (κ1) is 15.5. The molecule has 0 saturated heterocycles. The average molecular weight is 358 g/mol. The number of hydrogen-bond acceptors (Lipinski definition) is 4. The molecule has 0 radical (unpaired) electrons. The van der Waals surface area contributed by atoms with Gasteiger partial charge in [0.2, 0.25) is 0 Å². The quantitative estimate of drug-likeness (QED) is 0.482. The van der Waals surface area contributed by atoms with Crippen molar-refractivity contribution in [3.05, 3.63) is 77.1 Å². The third-order valence-electron chi connectivity index (χ3n) is 4.89. The molecule has 4 aromatic rings. The summed E-state index contributed by atoms with van der Waals surface area (Å²) in [5.41, 5.74) is 6.02. The van der Waals surface area contributed by atoms with Crippen LogP contribution in [0.25, 0.3) is 21.3 Å². The van der Waals surface area contributed by atoms with Crippen LogP contribution in [-0.2, 0) is 6.42 Å². The van der Waals surface area contributed by atoms with Crippen molar-refractivity contribution in [3.63, 3.8) is 0 Å². The molecule has 0 fully saturated rings. The van der Waals surface area contributed by atoms with Gasteiger partial charge >= 0.3 is 0 Å². The molecule has 4 heteroatoms. The first-order valence-electron chi connectivity index (χ1n) is 8.79. The Bertz CT molecular complexity index is 1090. The Morgan fingerprint density at radius 2 is 1.88 bits per heavy atom. The van der Waals surface area contributed by atoms with Crippen LogP contribution in [0.5, 0.6) is 5.75 Å². The van der Waals surface area contributed by atoms with Crippen molar-refractivity contribution in [2.24, 2.45) is 0 Å². The number of rotatable bonds is 2. The predicted molar refractivity (Wildman–Crippen MR) is 106 cm³/mol. The van der Waals surface area contributed by atoms with Gasteiger partial charge in [-0.2, -0.15) is 0 Å². The molecule has 1 aliphatic heterocycles. The molecule has 0 N–H and O–H groups in total. The highest BCUT2D eigenvalue weighted by molar-refractivity contribution is 7.18. The van der Waals surface area contributed by atoms with Crippen molar-refractivity contribution in [2.45, 2.75) is 19.3 Å². The standard InChI is InChI=1S/C22H18N2OS/c1-14-2-5-20-17(10-14)11-18(13-25-20)22-24-19-4-3-16(12-21(19)26-22)15-6-8-23-9-7-15/h2-10,12,18H,11,13H2,1H3. The van der Waals surface area contributed by atoms with Crippen LogP contribution in [0.1, 0.15) is 22.1 Å². The summed E-state index contributed by atoms with van der Waals surface area (Å²) in [5.74, 6) is 1.35. The molecule has 26 heavy (non-hydrogen) atoms. The third kappa shape index (κ3) is 2.76. The number of pyridine rings is 1. The van der Waals surface area contributed by atoms with Gasteiger partial charge in [-0.3, -0.25) is 4.98 Å².